The normalized spacial score (nSPS) is 10.5. The molecule has 2 aromatic carbocycles. The first-order chi connectivity index (χ1) is 10.2. The van der Waals surface area contributed by atoms with Gasteiger partial charge in [-0.2, -0.15) is 0 Å². The van der Waals surface area contributed by atoms with Crippen molar-refractivity contribution < 1.29 is 0 Å². The first-order valence-corrected chi connectivity index (χ1v) is 6.92. The number of aromatic nitrogens is 2. The van der Waals surface area contributed by atoms with Crippen LogP contribution in [0.1, 0.15) is 5.56 Å². The number of hydrogen-bond acceptors (Lipinski definition) is 4. The van der Waals surface area contributed by atoms with Gasteiger partial charge in [0.05, 0.1) is 11.2 Å². The molecule has 0 atom stereocenters. The van der Waals surface area contributed by atoms with E-state index < -0.39 is 0 Å². The second-order valence-corrected chi connectivity index (χ2v) is 5.11. The number of nitrogens with zero attached hydrogens (tertiary/aromatic N) is 3. The maximum Gasteiger partial charge on any atom is 0.230 e. The molecule has 0 saturated carbocycles. The summed E-state index contributed by atoms with van der Waals surface area (Å²) in [7, 11) is 1.90. The fraction of sp³-hybridized carbons (Fsp3) is 0.0625. The predicted molar refractivity (Wildman–Crippen MR) is 89.9 cm³/mol. The molecule has 3 rings (SSSR count). The van der Waals surface area contributed by atoms with Crippen molar-refractivity contribution in [2.24, 2.45) is 5.73 Å². The largest absolute Gasteiger partial charge is 0.389 e. The van der Waals surface area contributed by atoms with Gasteiger partial charge in [0.2, 0.25) is 5.95 Å². The summed E-state index contributed by atoms with van der Waals surface area (Å²) >= 11 is 5.11. The van der Waals surface area contributed by atoms with E-state index in [0.29, 0.717) is 10.9 Å². The molecule has 0 aliphatic carbocycles. The summed E-state index contributed by atoms with van der Waals surface area (Å²) in [5.41, 5.74) is 8.39. The maximum atomic E-state index is 5.78. The van der Waals surface area contributed by atoms with Crippen LogP contribution in [0.15, 0.2) is 54.7 Å². The molecule has 1 aromatic heterocycles. The molecular formula is C16H14N4S. The molecule has 0 aliphatic rings. The molecule has 104 valence electrons. The number of benzene rings is 2. The van der Waals surface area contributed by atoms with Crippen molar-refractivity contribution in [3.05, 3.63) is 60.3 Å². The summed E-state index contributed by atoms with van der Waals surface area (Å²) in [6.45, 7) is 0. The minimum Gasteiger partial charge on any atom is -0.389 e. The van der Waals surface area contributed by atoms with E-state index in [1.807, 2.05) is 66.7 Å². The third kappa shape index (κ3) is 2.55. The lowest BCUT2D eigenvalue weighted by atomic mass is 10.1. The Hall–Kier alpha value is -2.53. The standard InChI is InChI=1S/C16H14N4S/c1-20(14-9-5-3-7-12(14)15(17)21)16-18-10-11-6-2-4-8-13(11)19-16/h2-10H,1H3,(H2,17,21). The second kappa shape index (κ2) is 5.46. The van der Waals surface area contributed by atoms with Crippen molar-refractivity contribution in [2.45, 2.75) is 0 Å². The Morgan fingerprint density at radius 3 is 2.62 bits per heavy atom. The van der Waals surface area contributed by atoms with Gasteiger partial charge in [-0.1, -0.05) is 42.5 Å². The Morgan fingerprint density at radius 1 is 1.10 bits per heavy atom. The lowest BCUT2D eigenvalue weighted by molar-refractivity contribution is 1.06. The van der Waals surface area contributed by atoms with Crippen molar-refractivity contribution in [1.82, 2.24) is 9.97 Å². The van der Waals surface area contributed by atoms with Crippen LogP contribution < -0.4 is 10.6 Å². The molecule has 0 bridgehead atoms. The lowest BCUT2D eigenvalue weighted by Gasteiger charge is -2.20. The Morgan fingerprint density at radius 2 is 1.81 bits per heavy atom. The quantitative estimate of drug-likeness (QED) is 0.752. The summed E-state index contributed by atoms with van der Waals surface area (Å²) in [6, 6.07) is 15.6. The van der Waals surface area contributed by atoms with Gasteiger partial charge in [-0.25, -0.2) is 9.97 Å². The highest BCUT2D eigenvalue weighted by molar-refractivity contribution is 7.80. The van der Waals surface area contributed by atoms with E-state index >= 15 is 0 Å². The molecule has 0 amide bonds. The fourth-order valence-corrected chi connectivity index (χ4v) is 2.38. The number of fused-ring (bicyclic) bond motifs is 1. The van der Waals surface area contributed by atoms with Crippen molar-refractivity contribution in [3.8, 4) is 0 Å². The van der Waals surface area contributed by atoms with E-state index in [4.69, 9.17) is 18.0 Å². The Kier molecular flexibility index (Phi) is 3.50. The van der Waals surface area contributed by atoms with Gasteiger partial charge in [-0.05, 0) is 18.2 Å². The molecule has 5 heteroatoms. The van der Waals surface area contributed by atoms with Gasteiger partial charge in [0.1, 0.15) is 4.99 Å². The number of rotatable bonds is 3. The van der Waals surface area contributed by atoms with Crippen molar-refractivity contribution >= 4 is 39.7 Å². The molecular weight excluding hydrogens is 280 g/mol. The molecule has 0 unspecified atom stereocenters. The highest BCUT2D eigenvalue weighted by Crippen LogP contribution is 2.25. The predicted octanol–water partition coefficient (Wildman–Crippen LogP) is 3.03. The Bertz CT molecular complexity index is 816. The van der Waals surface area contributed by atoms with Crippen LogP contribution in [0.5, 0.6) is 0 Å². The van der Waals surface area contributed by atoms with E-state index in [1.165, 1.54) is 0 Å². The Labute approximate surface area is 128 Å². The molecule has 21 heavy (non-hydrogen) atoms. The summed E-state index contributed by atoms with van der Waals surface area (Å²) in [6.07, 6.45) is 1.82. The number of nitrogens with two attached hydrogens (primary N) is 1. The summed E-state index contributed by atoms with van der Waals surface area (Å²) in [5, 5.41) is 1.01. The topological polar surface area (TPSA) is 55.0 Å². The van der Waals surface area contributed by atoms with Crippen molar-refractivity contribution in [2.75, 3.05) is 11.9 Å². The van der Waals surface area contributed by atoms with E-state index in [2.05, 4.69) is 9.97 Å². The molecule has 3 aromatic rings. The zero-order valence-corrected chi connectivity index (χ0v) is 12.3. The van der Waals surface area contributed by atoms with Crippen LogP contribution >= 0.6 is 12.2 Å². The summed E-state index contributed by atoms with van der Waals surface area (Å²) in [4.78, 5) is 11.2. The van der Waals surface area contributed by atoms with Crippen LogP contribution in [0.4, 0.5) is 11.6 Å². The van der Waals surface area contributed by atoms with E-state index in [1.54, 1.807) is 0 Å². The summed E-state index contributed by atoms with van der Waals surface area (Å²) < 4.78 is 0. The zero-order valence-electron chi connectivity index (χ0n) is 11.5. The first-order valence-electron chi connectivity index (χ1n) is 6.51. The van der Waals surface area contributed by atoms with E-state index in [-0.39, 0.29) is 0 Å². The maximum absolute atomic E-state index is 5.78. The van der Waals surface area contributed by atoms with Gasteiger partial charge in [-0.15, -0.1) is 0 Å². The monoisotopic (exact) mass is 294 g/mol. The van der Waals surface area contributed by atoms with Gasteiger partial charge in [-0.3, -0.25) is 0 Å². The lowest BCUT2D eigenvalue weighted by Crippen LogP contribution is -2.19. The molecule has 0 aliphatic heterocycles. The summed E-state index contributed by atoms with van der Waals surface area (Å²) in [5.74, 6) is 0.609. The van der Waals surface area contributed by atoms with Crippen LogP contribution in [0.25, 0.3) is 10.9 Å². The number of anilines is 2. The van der Waals surface area contributed by atoms with E-state index in [0.717, 1.165) is 22.2 Å². The average Bonchev–Trinajstić information content (AvgIpc) is 2.53. The van der Waals surface area contributed by atoms with Gasteiger partial charge >= 0.3 is 0 Å². The van der Waals surface area contributed by atoms with Gasteiger partial charge in [0.15, 0.2) is 0 Å². The van der Waals surface area contributed by atoms with Gasteiger partial charge in [0.25, 0.3) is 0 Å². The van der Waals surface area contributed by atoms with E-state index in [9.17, 15) is 0 Å². The zero-order chi connectivity index (χ0) is 14.8. The van der Waals surface area contributed by atoms with Gasteiger partial charge < -0.3 is 10.6 Å². The molecule has 0 radical (unpaired) electrons. The minimum atomic E-state index is 0.359. The first kappa shape index (κ1) is 13.5. The molecule has 0 spiro atoms. The van der Waals surface area contributed by atoms with Crippen LogP contribution in [0, 0.1) is 0 Å². The van der Waals surface area contributed by atoms with Crippen LogP contribution in [-0.4, -0.2) is 22.0 Å². The van der Waals surface area contributed by atoms with Crippen LogP contribution in [-0.2, 0) is 0 Å². The highest BCUT2D eigenvalue weighted by Gasteiger charge is 2.13. The average molecular weight is 294 g/mol. The highest BCUT2D eigenvalue weighted by atomic mass is 32.1. The number of thiocarbonyl (C=S) groups is 1. The third-order valence-electron chi connectivity index (χ3n) is 3.31. The number of hydrogen-bond donors (Lipinski definition) is 1. The molecule has 1 heterocycles. The van der Waals surface area contributed by atoms with Crippen molar-refractivity contribution in [1.29, 1.82) is 0 Å². The van der Waals surface area contributed by atoms with Crippen LogP contribution in [0.2, 0.25) is 0 Å². The van der Waals surface area contributed by atoms with Gasteiger partial charge in [0, 0.05) is 24.2 Å². The molecule has 2 N–H and O–H groups in total. The molecule has 0 saturated heterocycles. The second-order valence-electron chi connectivity index (χ2n) is 4.67. The smallest absolute Gasteiger partial charge is 0.230 e. The minimum absolute atomic E-state index is 0.359. The molecule has 4 nitrogen and oxygen atoms in total. The van der Waals surface area contributed by atoms with Crippen LogP contribution in [0.3, 0.4) is 0 Å². The number of para-hydroxylation sites is 2. The third-order valence-corrected chi connectivity index (χ3v) is 3.53. The van der Waals surface area contributed by atoms with Crippen molar-refractivity contribution in [3.63, 3.8) is 0 Å². The molecule has 0 fully saturated rings. The SMILES string of the molecule is CN(c1ncc2ccccc2n1)c1ccccc1C(N)=S. The fourth-order valence-electron chi connectivity index (χ4n) is 2.21. The Balaban J connectivity index is 2.08.